The molecule has 1 aliphatic carbocycles. The van der Waals surface area contributed by atoms with Gasteiger partial charge in [0.2, 0.25) is 5.91 Å². The number of carboxylic acids is 1. The number of aliphatic carboxylic acids is 1. The summed E-state index contributed by atoms with van der Waals surface area (Å²) in [4.78, 5) is 26.0. The van der Waals surface area contributed by atoms with Crippen LogP contribution < -0.4 is 0 Å². The number of carboxylic acid groups (broad SMARTS) is 1. The highest BCUT2D eigenvalue weighted by Gasteiger charge is 2.41. The van der Waals surface area contributed by atoms with Crippen LogP contribution in [0.4, 0.5) is 0 Å². The molecule has 0 bridgehead atoms. The maximum atomic E-state index is 12.5. The van der Waals surface area contributed by atoms with Crippen LogP contribution in [0.2, 0.25) is 0 Å². The maximum Gasteiger partial charge on any atom is 0.308 e. The first-order chi connectivity index (χ1) is 10.7. The Morgan fingerprint density at radius 1 is 1.14 bits per heavy atom. The first-order valence-electron chi connectivity index (χ1n) is 8.24. The minimum absolute atomic E-state index is 0.109. The first-order valence-corrected chi connectivity index (χ1v) is 8.24. The summed E-state index contributed by atoms with van der Waals surface area (Å²) in [5.41, 5.74) is 0.945. The molecule has 0 aromatic heterocycles. The van der Waals surface area contributed by atoms with E-state index in [0.29, 0.717) is 25.3 Å². The molecule has 1 aromatic rings. The second-order valence-corrected chi connectivity index (χ2v) is 6.54. The van der Waals surface area contributed by atoms with Gasteiger partial charge in [-0.2, -0.15) is 0 Å². The molecule has 4 nitrogen and oxygen atoms in total. The molecule has 2 atom stereocenters. The van der Waals surface area contributed by atoms with Gasteiger partial charge in [-0.25, -0.2) is 0 Å². The molecule has 3 rings (SSSR count). The Kier molecular flexibility index (Phi) is 4.46. The zero-order valence-electron chi connectivity index (χ0n) is 12.8. The summed E-state index contributed by atoms with van der Waals surface area (Å²) in [6.07, 6.45) is 5.56. The van der Waals surface area contributed by atoms with Crippen molar-refractivity contribution in [3.8, 4) is 0 Å². The number of benzene rings is 1. The molecular weight excluding hydrogens is 278 g/mol. The van der Waals surface area contributed by atoms with Gasteiger partial charge < -0.3 is 10.0 Å². The highest BCUT2D eigenvalue weighted by molar-refractivity contribution is 5.81. The van der Waals surface area contributed by atoms with Gasteiger partial charge in [0, 0.05) is 13.0 Å². The van der Waals surface area contributed by atoms with Crippen LogP contribution in [0.15, 0.2) is 30.3 Å². The minimum atomic E-state index is -0.794. The number of rotatable bonds is 4. The maximum absolute atomic E-state index is 12.5. The van der Waals surface area contributed by atoms with Crippen molar-refractivity contribution in [2.24, 2.45) is 11.8 Å². The van der Waals surface area contributed by atoms with E-state index in [1.165, 1.54) is 12.8 Å². The lowest BCUT2D eigenvalue weighted by molar-refractivity contribution is -0.152. The van der Waals surface area contributed by atoms with Crippen molar-refractivity contribution in [1.29, 1.82) is 0 Å². The minimum Gasteiger partial charge on any atom is -0.481 e. The molecule has 0 radical (unpaired) electrons. The van der Waals surface area contributed by atoms with Gasteiger partial charge in [0.05, 0.1) is 12.0 Å². The molecule has 1 amide bonds. The molecule has 22 heavy (non-hydrogen) atoms. The summed E-state index contributed by atoms with van der Waals surface area (Å²) in [7, 11) is 0. The molecule has 4 heteroatoms. The van der Waals surface area contributed by atoms with Crippen molar-refractivity contribution in [2.75, 3.05) is 6.54 Å². The monoisotopic (exact) mass is 301 g/mol. The quantitative estimate of drug-likeness (QED) is 0.928. The topological polar surface area (TPSA) is 57.6 Å². The Morgan fingerprint density at radius 3 is 2.45 bits per heavy atom. The molecule has 1 saturated heterocycles. The third kappa shape index (κ3) is 3.01. The van der Waals surface area contributed by atoms with Crippen molar-refractivity contribution in [2.45, 2.75) is 44.6 Å². The molecule has 118 valence electrons. The molecule has 1 saturated carbocycles. The number of carbonyl (C=O) groups excluding carboxylic acids is 1. The third-order valence-electron chi connectivity index (χ3n) is 5.09. The molecule has 2 fully saturated rings. The van der Waals surface area contributed by atoms with Gasteiger partial charge in [0.15, 0.2) is 0 Å². The van der Waals surface area contributed by atoms with Crippen LogP contribution in [0.1, 0.15) is 50.1 Å². The predicted molar refractivity (Wildman–Crippen MR) is 83.2 cm³/mol. The van der Waals surface area contributed by atoms with Crippen LogP contribution in [0.3, 0.4) is 0 Å². The normalized spacial score (nSPS) is 26.4. The van der Waals surface area contributed by atoms with E-state index in [1.807, 2.05) is 35.2 Å². The molecule has 1 aliphatic heterocycles. The molecular formula is C18H23NO3. The van der Waals surface area contributed by atoms with Gasteiger partial charge in [-0.3, -0.25) is 9.59 Å². The number of likely N-dealkylation sites (tertiary alicyclic amines) is 1. The summed E-state index contributed by atoms with van der Waals surface area (Å²) < 4.78 is 0. The molecule has 0 spiro atoms. The number of nitrogens with zero attached hydrogens (tertiary/aromatic N) is 1. The highest BCUT2D eigenvalue weighted by Crippen LogP contribution is 2.39. The van der Waals surface area contributed by atoms with E-state index < -0.39 is 11.9 Å². The van der Waals surface area contributed by atoms with Crippen LogP contribution in [-0.4, -0.2) is 28.4 Å². The van der Waals surface area contributed by atoms with Crippen LogP contribution in [0.25, 0.3) is 0 Å². The average Bonchev–Trinajstić information content (AvgIpc) is 3.03. The van der Waals surface area contributed by atoms with Gasteiger partial charge in [0.25, 0.3) is 0 Å². The van der Waals surface area contributed by atoms with E-state index in [0.717, 1.165) is 18.4 Å². The smallest absolute Gasteiger partial charge is 0.308 e. The number of piperidine rings is 1. The van der Waals surface area contributed by atoms with Gasteiger partial charge in [-0.1, -0.05) is 43.2 Å². The highest BCUT2D eigenvalue weighted by atomic mass is 16.4. The largest absolute Gasteiger partial charge is 0.481 e. The van der Waals surface area contributed by atoms with Crippen LogP contribution >= 0.6 is 0 Å². The molecule has 2 aliphatic rings. The molecule has 2 unspecified atom stereocenters. The fraction of sp³-hybridized carbons (Fsp3) is 0.556. The number of amides is 1. The van der Waals surface area contributed by atoms with Gasteiger partial charge in [-0.15, -0.1) is 0 Å². The standard InChI is InChI=1S/C18H23NO3/c20-16-11-10-15(18(21)22)17(14-8-2-1-3-9-14)19(16)12-13-6-4-5-7-13/h1-3,8-9,13,15,17H,4-7,10-12H2,(H,21,22). The van der Waals surface area contributed by atoms with Gasteiger partial charge in [0.1, 0.15) is 0 Å². The van der Waals surface area contributed by atoms with Crippen molar-refractivity contribution < 1.29 is 14.7 Å². The van der Waals surface area contributed by atoms with Gasteiger partial charge in [-0.05, 0) is 30.7 Å². The van der Waals surface area contributed by atoms with Crippen LogP contribution in [0, 0.1) is 11.8 Å². The zero-order chi connectivity index (χ0) is 15.5. The second-order valence-electron chi connectivity index (χ2n) is 6.54. The SMILES string of the molecule is O=C(O)C1CCC(=O)N(CC2CCCC2)C1c1ccccc1. The van der Waals surface area contributed by atoms with Crippen molar-refractivity contribution in [3.05, 3.63) is 35.9 Å². The lowest BCUT2D eigenvalue weighted by Gasteiger charge is -2.41. The lowest BCUT2D eigenvalue weighted by atomic mass is 9.83. The summed E-state index contributed by atoms with van der Waals surface area (Å²) in [6, 6.07) is 9.33. The molecule has 1 aromatic carbocycles. The van der Waals surface area contributed by atoms with E-state index >= 15 is 0 Å². The summed E-state index contributed by atoms with van der Waals surface area (Å²) in [5.74, 6) is -0.653. The van der Waals surface area contributed by atoms with E-state index in [9.17, 15) is 14.7 Å². The summed E-state index contributed by atoms with van der Waals surface area (Å²) >= 11 is 0. The van der Waals surface area contributed by atoms with E-state index in [4.69, 9.17) is 0 Å². The van der Waals surface area contributed by atoms with Crippen molar-refractivity contribution in [1.82, 2.24) is 4.90 Å². The van der Waals surface area contributed by atoms with Crippen molar-refractivity contribution >= 4 is 11.9 Å². The van der Waals surface area contributed by atoms with Crippen molar-refractivity contribution in [3.63, 3.8) is 0 Å². The Balaban J connectivity index is 1.90. The van der Waals surface area contributed by atoms with Crippen LogP contribution in [-0.2, 0) is 9.59 Å². The lowest BCUT2D eigenvalue weighted by Crippen LogP contribution is -2.47. The fourth-order valence-corrected chi connectivity index (χ4v) is 3.96. The number of carbonyl (C=O) groups is 2. The molecule has 1 heterocycles. The second kappa shape index (κ2) is 6.51. The van der Waals surface area contributed by atoms with E-state index in [2.05, 4.69) is 0 Å². The zero-order valence-corrected chi connectivity index (χ0v) is 12.8. The van der Waals surface area contributed by atoms with Gasteiger partial charge >= 0.3 is 5.97 Å². The summed E-state index contributed by atoms with van der Waals surface area (Å²) in [5, 5.41) is 9.60. The Bertz CT molecular complexity index is 537. The Hall–Kier alpha value is -1.84. The summed E-state index contributed by atoms with van der Waals surface area (Å²) in [6.45, 7) is 0.710. The number of hydrogen-bond donors (Lipinski definition) is 1. The van der Waals surface area contributed by atoms with E-state index in [-0.39, 0.29) is 11.9 Å². The molecule has 1 N–H and O–H groups in total. The van der Waals surface area contributed by atoms with Crippen LogP contribution in [0.5, 0.6) is 0 Å². The average molecular weight is 301 g/mol. The third-order valence-corrected chi connectivity index (χ3v) is 5.09. The Morgan fingerprint density at radius 2 is 1.82 bits per heavy atom. The fourth-order valence-electron chi connectivity index (χ4n) is 3.96. The Labute approximate surface area is 131 Å². The van der Waals surface area contributed by atoms with E-state index in [1.54, 1.807) is 0 Å². The first kappa shape index (κ1) is 15.1. The number of hydrogen-bond acceptors (Lipinski definition) is 2. The predicted octanol–water partition coefficient (Wildman–Crippen LogP) is 3.24.